The number of aromatic amines is 1. The van der Waals surface area contributed by atoms with E-state index in [-0.39, 0.29) is 18.9 Å². The van der Waals surface area contributed by atoms with Crippen molar-refractivity contribution in [2.45, 2.75) is 19.1 Å². The van der Waals surface area contributed by atoms with Crippen LogP contribution in [0, 0.1) is 0 Å². The zero-order valence-electron chi connectivity index (χ0n) is 12.7. The summed E-state index contributed by atoms with van der Waals surface area (Å²) in [5.74, 6) is -0.239. The lowest BCUT2D eigenvalue weighted by atomic mass is 10.1. The van der Waals surface area contributed by atoms with Gasteiger partial charge in [0.1, 0.15) is 0 Å². The van der Waals surface area contributed by atoms with Gasteiger partial charge in [0.05, 0.1) is 12.0 Å². The van der Waals surface area contributed by atoms with Gasteiger partial charge < -0.3 is 10.3 Å². The Kier molecular flexibility index (Phi) is 4.29. The third kappa shape index (κ3) is 3.59. The minimum absolute atomic E-state index is 0.0606. The van der Waals surface area contributed by atoms with E-state index in [4.69, 9.17) is 0 Å². The minimum Gasteiger partial charge on any atom is -0.361 e. The van der Waals surface area contributed by atoms with Crippen molar-refractivity contribution in [3.05, 3.63) is 71.4 Å². The Labute approximate surface area is 136 Å². The molecule has 0 atom stereocenters. The number of alkyl halides is 3. The highest BCUT2D eigenvalue weighted by Gasteiger charge is 2.30. The van der Waals surface area contributed by atoms with Crippen LogP contribution in [-0.4, -0.2) is 10.9 Å². The molecule has 0 saturated heterocycles. The second-order valence-corrected chi connectivity index (χ2v) is 5.51. The SMILES string of the molecule is O=C(Cc1c[nH]c2ccccc12)NCc1cccc(C(F)(F)F)c1. The molecule has 0 fully saturated rings. The number of fused-ring (bicyclic) bond motifs is 1. The van der Waals surface area contributed by atoms with Gasteiger partial charge in [-0.15, -0.1) is 0 Å². The quantitative estimate of drug-likeness (QED) is 0.744. The molecule has 24 heavy (non-hydrogen) atoms. The molecule has 2 N–H and O–H groups in total. The smallest absolute Gasteiger partial charge is 0.361 e. The molecule has 0 aliphatic rings. The van der Waals surface area contributed by atoms with Crippen molar-refractivity contribution >= 4 is 16.8 Å². The van der Waals surface area contributed by atoms with Crippen LogP contribution in [0.1, 0.15) is 16.7 Å². The molecule has 124 valence electrons. The maximum absolute atomic E-state index is 12.7. The first-order chi connectivity index (χ1) is 11.4. The van der Waals surface area contributed by atoms with E-state index in [0.717, 1.165) is 28.6 Å². The summed E-state index contributed by atoms with van der Waals surface area (Å²) in [6.45, 7) is 0.0606. The molecule has 1 heterocycles. The molecular weight excluding hydrogens is 317 g/mol. The fourth-order valence-corrected chi connectivity index (χ4v) is 2.57. The van der Waals surface area contributed by atoms with Gasteiger partial charge in [-0.2, -0.15) is 13.2 Å². The average Bonchev–Trinajstić information content (AvgIpc) is 2.96. The van der Waals surface area contributed by atoms with Crippen molar-refractivity contribution in [1.29, 1.82) is 0 Å². The predicted molar refractivity (Wildman–Crippen MR) is 85.3 cm³/mol. The molecule has 2 aromatic carbocycles. The van der Waals surface area contributed by atoms with E-state index in [9.17, 15) is 18.0 Å². The van der Waals surface area contributed by atoms with Gasteiger partial charge in [0, 0.05) is 23.6 Å². The Morgan fingerprint density at radius 1 is 1.08 bits per heavy atom. The molecule has 6 heteroatoms. The summed E-state index contributed by atoms with van der Waals surface area (Å²) in [5, 5.41) is 3.62. The Balaban J connectivity index is 1.64. The van der Waals surface area contributed by atoms with Crippen molar-refractivity contribution in [2.24, 2.45) is 0 Å². The van der Waals surface area contributed by atoms with Gasteiger partial charge in [-0.25, -0.2) is 0 Å². The summed E-state index contributed by atoms with van der Waals surface area (Å²) in [6.07, 6.45) is -2.44. The summed E-state index contributed by atoms with van der Waals surface area (Å²) in [4.78, 5) is 15.1. The fraction of sp³-hybridized carbons (Fsp3) is 0.167. The van der Waals surface area contributed by atoms with Gasteiger partial charge in [-0.05, 0) is 29.3 Å². The van der Waals surface area contributed by atoms with Crippen molar-refractivity contribution in [2.75, 3.05) is 0 Å². The largest absolute Gasteiger partial charge is 0.416 e. The Hall–Kier alpha value is -2.76. The molecule has 0 spiro atoms. The van der Waals surface area contributed by atoms with Crippen LogP contribution in [-0.2, 0) is 23.9 Å². The first kappa shape index (κ1) is 16.1. The maximum Gasteiger partial charge on any atom is 0.416 e. The Morgan fingerprint density at radius 3 is 2.67 bits per heavy atom. The van der Waals surface area contributed by atoms with Gasteiger partial charge in [-0.3, -0.25) is 4.79 Å². The Bertz CT molecular complexity index is 868. The lowest BCUT2D eigenvalue weighted by molar-refractivity contribution is -0.137. The van der Waals surface area contributed by atoms with E-state index in [2.05, 4.69) is 10.3 Å². The summed E-state index contributed by atoms with van der Waals surface area (Å²) < 4.78 is 38.0. The summed E-state index contributed by atoms with van der Waals surface area (Å²) in [5.41, 5.74) is 1.49. The number of H-pyrrole nitrogens is 1. The van der Waals surface area contributed by atoms with Crippen LogP contribution in [0.25, 0.3) is 10.9 Å². The summed E-state index contributed by atoms with van der Waals surface area (Å²) in [7, 11) is 0. The van der Waals surface area contributed by atoms with Gasteiger partial charge in [0.2, 0.25) is 5.91 Å². The third-order valence-corrected chi connectivity index (χ3v) is 3.77. The molecule has 1 aromatic heterocycles. The molecule has 3 rings (SSSR count). The standard InChI is InChI=1S/C18H15F3N2O/c19-18(20,21)14-5-3-4-12(8-14)10-23-17(24)9-13-11-22-16-7-2-1-6-15(13)16/h1-8,11,22H,9-10H2,(H,23,24). The number of hydrogen-bond acceptors (Lipinski definition) is 1. The van der Waals surface area contributed by atoms with Crippen molar-refractivity contribution in [3.8, 4) is 0 Å². The monoisotopic (exact) mass is 332 g/mol. The first-order valence-electron chi connectivity index (χ1n) is 7.41. The van der Waals surface area contributed by atoms with Gasteiger partial charge in [-0.1, -0.05) is 30.3 Å². The van der Waals surface area contributed by atoms with Crippen LogP contribution in [0.2, 0.25) is 0 Å². The molecule has 0 saturated carbocycles. The van der Waals surface area contributed by atoms with E-state index < -0.39 is 11.7 Å². The fourth-order valence-electron chi connectivity index (χ4n) is 2.57. The number of nitrogens with one attached hydrogen (secondary N) is 2. The molecule has 3 nitrogen and oxygen atoms in total. The summed E-state index contributed by atoms with van der Waals surface area (Å²) in [6, 6.07) is 12.6. The van der Waals surface area contributed by atoms with Crippen LogP contribution in [0.4, 0.5) is 13.2 Å². The number of carbonyl (C=O) groups is 1. The number of benzene rings is 2. The molecule has 0 unspecified atom stereocenters. The average molecular weight is 332 g/mol. The van der Waals surface area contributed by atoms with E-state index in [1.54, 1.807) is 12.3 Å². The highest BCUT2D eigenvalue weighted by Crippen LogP contribution is 2.29. The van der Waals surface area contributed by atoms with E-state index in [1.165, 1.54) is 6.07 Å². The highest BCUT2D eigenvalue weighted by molar-refractivity contribution is 5.88. The van der Waals surface area contributed by atoms with Gasteiger partial charge in [0.15, 0.2) is 0 Å². The second-order valence-electron chi connectivity index (χ2n) is 5.51. The van der Waals surface area contributed by atoms with E-state index in [0.29, 0.717) is 5.56 Å². The van der Waals surface area contributed by atoms with Crippen LogP contribution < -0.4 is 5.32 Å². The normalized spacial score (nSPS) is 11.6. The number of hydrogen-bond donors (Lipinski definition) is 2. The zero-order chi connectivity index (χ0) is 17.2. The number of rotatable bonds is 4. The molecule has 0 bridgehead atoms. The lowest BCUT2D eigenvalue weighted by Gasteiger charge is -2.09. The minimum atomic E-state index is -4.38. The van der Waals surface area contributed by atoms with Crippen molar-refractivity contribution < 1.29 is 18.0 Å². The van der Waals surface area contributed by atoms with E-state index in [1.807, 2.05) is 24.3 Å². The van der Waals surface area contributed by atoms with Gasteiger partial charge in [0.25, 0.3) is 0 Å². The van der Waals surface area contributed by atoms with Crippen LogP contribution >= 0.6 is 0 Å². The maximum atomic E-state index is 12.7. The summed E-state index contributed by atoms with van der Waals surface area (Å²) >= 11 is 0. The van der Waals surface area contributed by atoms with Gasteiger partial charge >= 0.3 is 6.18 Å². The number of carbonyl (C=O) groups excluding carboxylic acids is 1. The topological polar surface area (TPSA) is 44.9 Å². The lowest BCUT2D eigenvalue weighted by Crippen LogP contribution is -2.24. The van der Waals surface area contributed by atoms with Crippen molar-refractivity contribution in [3.63, 3.8) is 0 Å². The third-order valence-electron chi connectivity index (χ3n) is 3.77. The van der Waals surface area contributed by atoms with E-state index >= 15 is 0 Å². The molecular formula is C18H15F3N2O. The highest BCUT2D eigenvalue weighted by atomic mass is 19.4. The predicted octanol–water partition coefficient (Wildman–Crippen LogP) is 4.05. The number of aromatic nitrogens is 1. The first-order valence-corrected chi connectivity index (χ1v) is 7.41. The second kappa shape index (κ2) is 6.39. The number of amides is 1. The van der Waals surface area contributed by atoms with Crippen LogP contribution in [0.3, 0.4) is 0 Å². The number of para-hydroxylation sites is 1. The zero-order valence-corrected chi connectivity index (χ0v) is 12.7. The molecule has 0 aliphatic carbocycles. The molecule has 3 aromatic rings. The van der Waals surface area contributed by atoms with Crippen LogP contribution in [0.15, 0.2) is 54.7 Å². The Morgan fingerprint density at radius 2 is 1.88 bits per heavy atom. The number of halogens is 3. The molecule has 0 radical (unpaired) electrons. The van der Waals surface area contributed by atoms with Crippen LogP contribution in [0.5, 0.6) is 0 Å². The van der Waals surface area contributed by atoms with Crippen molar-refractivity contribution in [1.82, 2.24) is 10.3 Å². The molecule has 1 amide bonds. The molecule has 0 aliphatic heterocycles.